The number of hydrogen-bond acceptors (Lipinski definition) is 8. The third kappa shape index (κ3) is 5.32. The highest BCUT2D eigenvalue weighted by atomic mass is 16.5. The first kappa shape index (κ1) is 22.6. The Kier molecular flexibility index (Phi) is 6.69. The Balaban J connectivity index is 1.01. The number of amides is 1. The summed E-state index contributed by atoms with van der Waals surface area (Å²) in [5, 5.41) is 18.2. The lowest BCUT2D eigenvalue weighted by atomic mass is 10.1. The normalized spacial score (nSPS) is 12.3. The van der Waals surface area contributed by atoms with Crippen molar-refractivity contribution in [2.24, 2.45) is 0 Å². The van der Waals surface area contributed by atoms with Gasteiger partial charge in [0.2, 0.25) is 17.6 Å². The molecule has 0 radical (unpaired) electrons. The number of nitrogens with one attached hydrogen (secondary N) is 3. The Morgan fingerprint density at radius 1 is 1.09 bits per heavy atom. The number of aryl methyl sites for hydroxylation is 1. The summed E-state index contributed by atoms with van der Waals surface area (Å²) in [5.74, 6) is 2.60. The first-order valence-electron chi connectivity index (χ1n) is 11.7. The zero-order valence-electron chi connectivity index (χ0n) is 19.2. The van der Waals surface area contributed by atoms with Crippen molar-refractivity contribution in [3.8, 4) is 17.1 Å². The number of carbonyl (C=O) groups is 1. The Morgan fingerprint density at radius 2 is 1.97 bits per heavy atom. The summed E-state index contributed by atoms with van der Waals surface area (Å²) >= 11 is 0. The molecule has 0 atom stereocenters. The van der Waals surface area contributed by atoms with Gasteiger partial charge in [0.1, 0.15) is 5.75 Å². The summed E-state index contributed by atoms with van der Waals surface area (Å²) in [7, 11) is 0. The summed E-state index contributed by atoms with van der Waals surface area (Å²) in [5.41, 5.74) is 1.85. The largest absolute Gasteiger partial charge is 0.493 e. The molecule has 0 bridgehead atoms. The molecule has 0 fully saturated rings. The third-order valence-corrected chi connectivity index (χ3v) is 5.87. The van der Waals surface area contributed by atoms with E-state index in [-0.39, 0.29) is 11.5 Å². The van der Waals surface area contributed by atoms with E-state index in [9.17, 15) is 9.59 Å². The molecular formula is C25H26N6O4. The highest BCUT2D eigenvalue weighted by molar-refractivity contribution is 5.90. The van der Waals surface area contributed by atoms with Crippen molar-refractivity contribution in [1.29, 1.82) is 0 Å². The number of hydrogen-bond donors (Lipinski definition) is 3. The van der Waals surface area contributed by atoms with E-state index in [4.69, 9.17) is 9.26 Å². The number of benzene rings is 2. The second-order valence-electron chi connectivity index (χ2n) is 8.36. The van der Waals surface area contributed by atoms with E-state index >= 15 is 0 Å². The number of nitrogens with zero attached hydrogens (tertiary/aromatic N) is 3. The Bertz CT molecular complexity index is 1400. The maximum absolute atomic E-state index is 12.2. The number of ether oxygens (including phenoxy) is 1. The van der Waals surface area contributed by atoms with Crippen molar-refractivity contribution in [3.05, 3.63) is 64.3 Å². The lowest BCUT2D eigenvalue weighted by Crippen LogP contribution is -2.25. The van der Waals surface area contributed by atoms with Crippen LogP contribution in [0.1, 0.15) is 30.7 Å². The second kappa shape index (κ2) is 10.4. The minimum Gasteiger partial charge on any atom is -0.493 e. The van der Waals surface area contributed by atoms with Gasteiger partial charge in [0.15, 0.2) is 5.82 Å². The standard InChI is InChI=1S/C25H26N6O4/c32-21(26-12-4-13-27-24-18-5-1-2-6-19(18)25(33)30-29-24)7-3-8-22-28-23(31-35-22)17-9-10-20-16(15-17)11-14-34-20/h1-2,5-6,9-10,15H,3-4,7-8,11-14H2,(H,26,32)(H,27,29)(H,30,33). The third-order valence-electron chi connectivity index (χ3n) is 5.87. The van der Waals surface area contributed by atoms with Gasteiger partial charge in [-0.3, -0.25) is 9.59 Å². The van der Waals surface area contributed by atoms with Crippen LogP contribution in [0.2, 0.25) is 0 Å². The molecule has 0 saturated heterocycles. The maximum Gasteiger partial charge on any atom is 0.272 e. The molecule has 3 heterocycles. The predicted molar refractivity (Wildman–Crippen MR) is 130 cm³/mol. The minimum atomic E-state index is -0.214. The van der Waals surface area contributed by atoms with Gasteiger partial charge in [-0.25, -0.2) is 5.10 Å². The molecular weight excluding hydrogens is 448 g/mol. The van der Waals surface area contributed by atoms with Gasteiger partial charge in [-0.1, -0.05) is 23.4 Å². The molecule has 35 heavy (non-hydrogen) atoms. The van der Waals surface area contributed by atoms with Crippen molar-refractivity contribution in [2.75, 3.05) is 25.0 Å². The van der Waals surface area contributed by atoms with Crippen LogP contribution in [-0.4, -0.2) is 45.9 Å². The highest BCUT2D eigenvalue weighted by Crippen LogP contribution is 2.29. The van der Waals surface area contributed by atoms with E-state index in [1.165, 1.54) is 0 Å². The summed E-state index contributed by atoms with van der Waals surface area (Å²) in [6, 6.07) is 13.2. The van der Waals surface area contributed by atoms with Crippen molar-refractivity contribution < 1.29 is 14.1 Å². The summed E-state index contributed by atoms with van der Waals surface area (Å²) in [6.45, 7) is 1.86. The minimum absolute atomic E-state index is 0.0176. The first-order chi connectivity index (χ1) is 17.2. The van der Waals surface area contributed by atoms with E-state index < -0.39 is 0 Å². The molecule has 4 aromatic rings. The van der Waals surface area contributed by atoms with Gasteiger partial charge in [-0.15, -0.1) is 0 Å². The lowest BCUT2D eigenvalue weighted by molar-refractivity contribution is -0.121. The first-order valence-corrected chi connectivity index (χ1v) is 11.7. The van der Waals surface area contributed by atoms with Crippen LogP contribution in [0.3, 0.4) is 0 Å². The monoisotopic (exact) mass is 474 g/mol. The molecule has 1 amide bonds. The average Bonchev–Trinajstić information content (AvgIpc) is 3.54. The van der Waals surface area contributed by atoms with Crippen LogP contribution in [0.5, 0.6) is 5.75 Å². The molecule has 5 rings (SSSR count). The zero-order valence-corrected chi connectivity index (χ0v) is 19.2. The van der Waals surface area contributed by atoms with E-state index in [1.807, 2.05) is 36.4 Å². The van der Waals surface area contributed by atoms with Crippen molar-refractivity contribution in [3.63, 3.8) is 0 Å². The molecule has 0 aliphatic carbocycles. The molecule has 10 nitrogen and oxygen atoms in total. The number of H-pyrrole nitrogens is 1. The fourth-order valence-electron chi connectivity index (χ4n) is 4.06. The number of aromatic amines is 1. The van der Waals surface area contributed by atoms with Crippen LogP contribution in [0, 0.1) is 0 Å². The summed E-state index contributed by atoms with van der Waals surface area (Å²) < 4.78 is 10.9. The molecule has 0 unspecified atom stereocenters. The average molecular weight is 475 g/mol. The predicted octanol–water partition coefficient (Wildman–Crippen LogP) is 2.85. The van der Waals surface area contributed by atoms with E-state index in [2.05, 4.69) is 31.0 Å². The number of anilines is 1. The molecule has 2 aromatic heterocycles. The van der Waals surface area contributed by atoms with Gasteiger partial charge in [0, 0.05) is 43.3 Å². The second-order valence-corrected chi connectivity index (χ2v) is 8.36. The Labute approximate surface area is 201 Å². The fraction of sp³-hybridized carbons (Fsp3) is 0.320. The van der Waals surface area contributed by atoms with Gasteiger partial charge >= 0.3 is 0 Å². The molecule has 1 aliphatic rings. The molecule has 0 saturated carbocycles. The summed E-state index contributed by atoms with van der Waals surface area (Å²) in [4.78, 5) is 28.5. The van der Waals surface area contributed by atoms with Crippen LogP contribution in [0.15, 0.2) is 51.8 Å². The van der Waals surface area contributed by atoms with Crippen LogP contribution >= 0.6 is 0 Å². The molecule has 10 heteroatoms. The highest BCUT2D eigenvalue weighted by Gasteiger charge is 2.15. The zero-order chi connectivity index (χ0) is 24.0. The van der Waals surface area contributed by atoms with Crippen molar-refractivity contribution in [2.45, 2.75) is 32.1 Å². The van der Waals surface area contributed by atoms with Crippen LogP contribution in [0.4, 0.5) is 5.82 Å². The molecule has 180 valence electrons. The van der Waals surface area contributed by atoms with E-state index in [1.54, 1.807) is 6.07 Å². The SMILES string of the molecule is O=C(CCCc1nc(-c2ccc3c(c2)CCO3)no1)NCCCNc1n[nH]c(=O)c2ccccc12. The lowest BCUT2D eigenvalue weighted by Gasteiger charge is -2.08. The topological polar surface area (TPSA) is 135 Å². The number of carbonyl (C=O) groups excluding carboxylic acids is 1. The fourth-order valence-corrected chi connectivity index (χ4v) is 4.06. The molecule has 0 spiro atoms. The van der Waals surface area contributed by atoms with Crippen LogP contribution in [-0.2, 0) is 17.6 Å². The Morgan fingerprint density at radius 3 is 2.89 bits per heavy atom. The summed E-state index contributed by atoms with van der Waals surface area (Å²) in [6.07, 6.45) is 3.16. The number of aromatic nitrogens is 4. The van der Waals surface area contributed by atoms with Gasteiger partial charge < -0.3 is 19.9 Å². The van der Waals surface area contributed by atoms with Crippen molar-refractivity contribution in [1.82, 2.24) is 25.7 Å². The quantitative estimate of drug-likeness (QED) is 0.299. The van der Waals surface area contributed by atoms with E-state index in [0.29, 0.717) is 61.9 Å². The molecule has 1 aliphatic heterocycles. The van der Waals surface area contributed by atoms with E-state index in [0.717, 1.165) is 35.1 Å². The molecule has 2 aromatic carbocycles. The van der Waals surface area contributed by atoms with Gasteiger partial charge in [-0.2, -0.15) is 10.1 Å². The molecule has 3 N–H and O–H groups in total. The van der Waals surface area contributed by atoms with Gasteiger partial charge in [-0.05, 0) is 42.7 Å². The Hall–Kier alpha value is -4.21. The number of fused-ring (bicyclic) bond motifs is 2. The van der Waals surface area contributed by atoms with Crippen LogP contribution < -0.4 is 20.9 Å². The van der Waals surface area contributed by atoms with Gasteiger partial charge in [0.05, 0.1) is 12.0 Å². The van der Waals surface area contributed by atoms with Crippen LogP contribution in [0.25, 0.3) is 22.2 Å². The van der Waals surface area contributed by atoms with Gasteiger partial charge in [0.25, 0.3) is 5.56 Å². The number of rotatable bonds is 10. The smallest absolute Gasteiger partial charge is 0.272 e. The maximum atomic E-state index is 12.2. The van der Waals surface area contributed by atoms with Crippen molar-refractivity contribution >= 4 is 22.5 Å².